The molecule has 242 valence electrons. The number of aliphatic hydroxyl groups is 3. The second-order valence-corrected chi connectivity index (χ2v) is 17.8. The van der Waals surface area contributed by atoms with Crippen LogP contribution in [0.3, 0.4) is 0 Å². The molecule has 0 aromatic rings. The van der Waals surface area contributed by atoms with Gasteiger partial charge in [-0.15, -0.1) is 0 Å². The molecule has 1 unspecified atom stereocenters. The van der Waals surface area contributed by atoms with Gasteiger partial charge in [0.05, 0.1) is 23.2 Å². The molecular weight excluding hydrogens is 526 g/mol. The number of aliphatic hydroxyl groups excluding tert-OH is 1. The molecular formula is C36H63NO5. The molecule has 0 bridgehead atoms. The van der Waals surface area contributed by atoms with Gasteiger partial charge in [-0.3, -0.25) is 4.79 Å². The van der Waals surface area contributed by atoms with E-state index in [0.717, 1.165) is 77.3 Å². The Morgan fingerprint density at radius 3 is 2.24 bits per heavy atom. The van der Waals surface area contributed by atoms with Gasteiger partial charge in [0.1, 0.15) is 6.10 Å². The lowest BCUT2D eigenvalue weighted by atomic mass is 9.35. The van der Waals surface area contributed by atoms with Crippen LogP contribution in [0.4, 0.5) is 0 Å². The molecule has 42 heavy (non-hydrogen) atoms. The highest BCUT2D eigenvalue weighted by Gasteiger charge is 2.71. The van der Waals surface area contributed by atoms with Gasteiger partial charge in [-0.25, -0.2) is 0 Å². The Morgan fingerprint density at radius 1 is 0.905 bits per heavy atom. The molecule has 4 aliphatic carbocycles. The van der Waals surface area contributed by atoms with E-state index in [1.807, 2.05) is 20.8 Å². The van der Waals surface area contributed by atoms with Gasteiger partial charge in [0.25, 0.3) is 0 Å². The fraction of sp³-hybridized carbons (Fsp3) is 0.972. The number of hydrogen-bond acceptors (Lipinski definition) is 6. The Kier molecular flexibility index (Phi) is 8.55. The largest absolute Gasteiger partial charge is 0.462 e. The van der Waals surface area contributed by atoms with E-state index in [-0.39, 0.29) is 51.5 Å². The third-order valence-electron chi connectivity index (χ3n) is 14.5. The van der Waals surface area contributed by atoms with Crippen molar-refractivity contribution < 1.29 is 24.9 Å². The van der Waals surface area contributed by atoms with Gasteiger partial charge in [-0.2, -0.15) is 0 Å². The molecule has 6 heteroatoms. The first-order valence-electron chi connectivity index (χ1n) is 17.4. The van der Waals surface area contributed by atoms with E-state index < -0.39 is 17.3 Å². The SMILES string of the molecule is CC(C)(O)CCC[C@@](C)(O)[C@H]1CC[C@]2(C)[C@@H]1[C@H](O)C[C@@H]1[C@@]3(C)CC[C@H](OC(=O)C4CCCNC4)C(C)(C)[C@@H]3CC[C@]12C. The minimum atomic E-state index is -0.850. The maximum atomic E-state index is 13.2. The van der Waals surface area contributed by atoms with Crippen LogP contribution in [0.1, 0.15) is 132 Å². The van der Waals surface area contributed by atoms with Gasteiger partial charge in [0, 0.05) is 12.0 Å². The Labute approximate surface area is 256 Å². The first-order chi connectivity index (χ1) is 19.4. The number of esters is 1. The van der Waals surface area contributed by atoms with Gasteiger partial charge in [-0.05, 0) is 144 Å². The van der Waals surface area contributed by atoms with Gasteiger partial charge in [0.2, 0.25) is 0 Å². The van der Waals surface area contributed by atoms with E-state index in [0.29, 0.717) is 24.7 Å². The van der Waals surface area contributed by atoms with Crippen molar-refractivity contribution in [3.05, 3.63) is 0 Å². The minimum absolute atomic E-state index is 0.0143. The van der Waals surface area contributed by atoms with E-state index in [1.54, 1.807) is 0 Å². The second-order valence-electron chi connectivity index (χ2n) is 17.8. The maximum absolute atomic E-state index is 13.2. The van der Waals surface area contributed by atoms with Crippen molar-refractivity contribution in [1.29, 1.82) is 0 Å². The summed E-state index contributed by atoms with van der Waals surface area (Å²) in [5.74, 6) is 0.963. The van der Waals surface area contributed by atoms with E-state index in [4.69, 9.17) is 4.74 Å². The van der Waals surface area contributed by atoms with Crippen LogP contribution in [0.5, 0.6) is 0 Å². The second kappa shape index (κ2) is 11.0. The first kappa shape index (κ1) is 32.7. The summed E-state index contributed by atoms with van der Waals surface area (Å²) in [5, 5.41) is 37.4. The lowest BCUT2D eigenvalue weighted by molar-refractivity contribution is -0.249. The number of ether oxygens (including phenoxy) is 1. The van der Waals surface area contributed by atoms with E-state index in [9.17, 15) is 20.1 Å². The molecule has 1 heterocycles. The third-order valence-corrected chi connectivity index (χ3v) is 14.5. The molecule has 11 atom stereocenters. The normalized spacial score (nSPS) is 46.6. The fourth-order valence-electron chi connectivity index (χ4n) is 12.0. The molecule has 0 aromatic heterocycles. The number of fused-ring (bicyclic) bond motifs is 5. The Morgan fingerprint density at radius 2 is 1.60 bits per heavy atom. The van der Waals surface area contributed by atoms with Crippen molar-refractivity contribution in [2.45, 2.75) is 156 Å². The first-order valence-corrected chi connectivity index (χ1v) is 17.4. The maximum Gasteiger partial charge on any atom is 0.310 e. The highest BCUT2D eigenvalue weighted by Crippen LogP contribution is 2.76. The molecule has 4 saturated carbocycles. The number of nitrogens with one attached hydrogen (secondary N) is 1. The number of piperidine rings is 1. The molecule has 1 saturated heterocycles. The lowest BCUT2D eigenvalue weighted by Gasteiger charge is -2.70. The summed E-state index contributed by atoms with van der Waals surface area (Å²) in [5.41, 5.74) is -1.55. The van der Waals surface area contributed by atoms with Gasteiger partial charge < -0.3 is 25.4 Å². The van der Waals surface area contributed by atoms with Crippen LogP contribution in [-0.2, 0) is 9.53 Å². The summed E-state index contributed by atoms with van der Waals surface area (Å²) >= 11 is 0. The van der Waals surface area contributed by atoms with Crippen molar-refractivity contribution in [3.8, 4) is 0 Å². The summed E-state index contributed by atoms with van der Waals surface area (Å²) in [7, 11) is 0. The quantitative estimate of drug-likeness (QED) is 0.262. The van der Waals surface area contributed by atoms with Crippen molar-refractivity contribution in [2.24, 2.45) is 51.2 Å². The van der Waals surface area contributed by atoms with Crippen LogP contribution >= 0.6 is 0 Å². The monoisotopic (exact) mass is 589 g/mol. The zero-order valence-corrected chi connectivity index (χ0v) is 28.1. The topological polar surface area (TPSA) is 99.0 Å². The number of hydrogen-bond donors (Lipinski definition) is 4. The van der Waals surface area contributed by atoms with Crippen molar-refractivity contribution in [3.63, 3.8) is 0 Å². The Balaban J connectivity index is 1.35. The zero-order chi connectivity index (χ0) is 30.9. The third kappa shape index (κ3) is 5.30. The number of carbonyl (C=O) groups excluding carboxylic acids is 1. The smallest absolute Gasteiger partial charge is 0.310 e. The molecule has 4 N–H and O–H groups in total. The molecule has 0 radical (unpaired) electrons. The predicted molar refractivity (Wildman–Crippen MR) is 167 cm³/mol. The van der Waals surface area contributed by atoms with Gasteiger partial charge in [-0.1, -0.05) is 34.6 Å². The summed E-state index contributed by atoms with van der Waals surface area (Å²) in [6.45, 7) is 19.5. The van der Waals surface area contributed by atoms with Crippen LogP contribution in [0, 0.1) is 51.2 Å². The highest BCUT2D eigenvalue weighted by molar-refractivity contribution is 5.73. The van der Waals surface area contributed by atoms with Crippen molar-refractivity contribution in [1.82, 2.24) is 5.32 Å². The van der Waals surface area contributed by atoms with Crippen LogP contribution < -0.4 is 5.32 Å². The highest BCUT2D eigenvalue weighted by atomic mass is 16.5. The van der Waals surface area contributed by atoms with Crippen LogP contribution in [0.25, 0.3) is 0 Å². The molecule has 5 fully saturated rings. The standard InChI is InChI=1S/C36H63NO5/c1-31(2,40)15-10-16-36(8,41)24-12-18-35(7)29(24)25(38)21-27-33(5)17-14-28(42-30(39)23-11-9-20-37-22-23)32(3,4)26(33)13-19-34(27,35)6/h23-29,37-38,40-41H,9-22H2,1-8H3/t23?,24-,25+,26-,27+,28-,29-,33-,34+,35+,36+/m0/s1. The Bertz CT molecular complexity index is 997. The van der Waals surface area contributed by atoms with E-state index in [1.165, 1.54) is 0 Å². The van der Waals surface area contributed by atoms with Crippen LogP contribution in [-0.4, -0.2) is 57.8 Å². The van der Waals surface area contributed by atoms with Gasteiger partial charge in [0.15, 0.2) is 0 Å². The summed E-state index contributed by atoms with van der Waals surface area (Å²) in [6, 6.07) is 0. The van der Waals surface area contributed by atoms with Crippen LogP contribution in [0.2, 0.25) is 0 Å². The number of rotatable bonds is 7. The lowest BCUT2D eigenvalue weighted by Crippen LogP contribution is -2.66. The van der Waals surface area contributed by atoms with Crippen LogP contribution in [0.15, 0.2) is 0 Å². The predicted octanol–water partition coefficient (Wildman–Crippen LogP) is 6.25. The van der Waals surface area contributed by atoms with Crippen molar-refractivity contribution >= 4 is 5.97 Å². The molecule has 1 aliphatic heterocycles. The number of carbonyl (C=O) groups is 1. The van der Waals surface area contributed by atoms with E-state index >= 15 is 0 Å². The molecule has 5 aliphatic rings. The zero-order valence-electron chi connectivity index (χ0n) is 28.1. The average Bonchev–Trinajstić information content (AvgIpc) is 3.28. The van der Waals surface area contributed by atoms with Crippen molar-refractivity contribution in [2.75, 3.05) is 13.1 Å². The molecule has 0 amide bonds. The fourth-order valence-corrected chi connectivity index (χ4v) is 12.0. The van der Waals surface area contributed by atoms with Gasteiger partial charge >= 0.3 is 5.97 Å². The molecule has 0 aromatic carbocycles. The summed E-state index contributed by atoms with van der Waals surface area (Å²) in [4.78, 5) is 13.2. The summed E-state index contributed by atoms with van der Waals surface area (Å²) in [6.07, 6.45) is 10.6. The van der Waals surface area contributed by atoms with E-state index in [2.05, 4.69) is 39.9 Å². The molecule has 0 spiro atoms. The average molecular weight is 590 g/mol. The summed E-state index contributed by atoms with van der Waals surface area (Å²) < 4.78 is 6.34. The Hall–Kier alpha value is -0.690. The molecule has 5 rings (SSSR count). The minimum Gasteiger partial charge on any atom is -0.462 e. The molecule has 6 nitrogen and oxygen atoms in total.